The molecule has 1 heterocycles. The van der Waals surface area contributed by atoms with Crippen LogP contribution in [0.2, 0.25) is 0 Å². The number of aromatic nitrogens is 2. The van der Waals surface area contributed by atoms with Crippen molar-refractivity contribution in [2.75, 3.05) is 12.3 Å². The quantitative estimate of drug-likeness (QED) is 0.719. The minimum Gasteiger partial charge on any atom is -0.381 e. The summed E-state index contributed by atoms with van der Waals surface area (Å²) in [6.07, 6.45) is 2.18. The molecule has 9 heteroatoms. The van der Waals surface area contributed by atoms with Gasteiger partial charge in [-0.2, -0.15) is 9.40 Å². The SMILES string of the molecule is CCCn1cc(S(=O)(=O)N(CC(N)=O)C(C)C)c(N)n1. The third kappa shape index (κ3) is 3.48. The maximum absolute atomic E-state index is 12.5. The van der Waals surface area contributed by atoms with E-state index in [1.807, 2.05) is 6.92 Å². The van der Waals surface area contributed by atoms with Crippen molar-refractivity contribution in [3.8, 4) is 0 Å². The van der Waals surface area contributed by atoms with Gasteiger partial charge < -0.3 is 11.5 Å². The summed E-state index contributed by atoms with van der Waals surface area (Å²) in [5.41, 5.74) is 10.8. The fourth-order valence-corrected chi connectivity index (χ4v) is 3.45. The molecule has 20 heavy (non-hydrogen) atoms. The highest BCUT2D eigenvalue weighted by Gasteiger charge is 2.31. The molecule has 1 amide bonds. The van der Waals surface area contributed by atoms with Gasteiger partial charge in [0.25, 0.3) is 0 Å². The maximum Gasteiger partial charge on any atom is 0.249 e. The van der Waals surface area contributed by atoms with Crippen molar-refractivity contribution in [2.45, 2.75) is 44.7 Å². The maximum atomic E-state index is 12.5. The number of amides is 1. The summed E-state index contributed by atoms with van der Waals surface area (Å²) >= 11 is 0. The summed E-state index contributed by atoms with van der Waals surface area (Å²) in [7, 11) is -3.90. The lowest BCUT2D eigenvalue weighted by atomic mass is 10.4. The lowest BCUT2D eigenvalue weighted by Gasteiger charge is -2.23. The van der Waals surface area contributed by atoms with Crippen molar-refractivity contribution < 1.29 is 13.2 Å². The van der Waals surface area contributed by atoms with Crippen LogP contribution in [0, 0.1) is 0 Å². The normalized spacial score (nSPS) is 12.2. The average molecular weight is 303 g/mol. The number of nitrogen functional groups attached to an aromatic ring is 1. The Balaban J connectivity index is 3.22. The van der Waals surface area contributed by atoms with Crippen LogP contribution in [0.5, 0.6) is 0 Å². The number of nitrogens with two attached hydrogens (primary N) is 2. The minimum atomic E-state index is -3.90. The van der Waals surface area contributed by atoms with Gasteiger partial charge in [-0.3, -0.25) is 9.48 Å². The first kappa shape index (κ1) is 16.4. The van der Waals surface area contributed by atoms with E-state index in [2.05, 4.69) is 5.10 Å². The second kappa shape index (κ2) is 6.23. The average Bonchev–Trinajstić information content (AvgIpc) is 2.67. The molecule has 114 valence electrons. The van der Waals surface area contributed by atoms with E-state index < -0.39 is 28.5 Å². The molecule has 8 nitrogen and oxygen atoms in total. The van der Waals surface area contributed by atoms with Crippen LogP contribution >= 0.6 is 0 Å². The predicted molar refractivity (Wildman–Crippen MR) is 75.2 cm³/mol. The molecule has 0 aliphatic carbocycles. The van der Waals surface area contributed by atoms with Gasteiger partial charge in [-0.1, -0.05) is 6.92 Å². The Hall–Kier alpha value is -1.61. The van der Waals surface area contributed by atoms with E-state index >= 15 is 0 Å². The van der Waals surface area contributed by atoms with Crippen LogP contribution in [-0.2, 0) is 21.4 Å². The summed E-state index contributed by atoms with van der Waals surface area (Å²) < 4.78 is 27.6. The number of nitrogens with zero attached hydrogens (tertiary/aromatic N) is 3. The first-order chi connectivity index (χ1) is 9.20. The van der Waals surface area contributed by atoms with Crippen molar-refractivity contribution in [1.82, 2.24) is 14.1 Å². The van der Waals surface area contributed by atoms with E-state index in [1.54, 1.807) is 13.8 Å². The minimum absolute atomic E-state index is 0.0754. The zero-order valence-corrected chi connectivity index (χ0v) is 12.7. The summed E-state index contributed by atoms with van der Waals surface area (Å²) in [6, 6.07) is -0.415. The Kier molecular flexibility index (Phi) is 5.12. The number of aryl methyl sites for hydroxylation is 1. The lowest BCUT2D eigenvalue weighted by Crippen LogP contribution is -2.42. The predicted octanol–water partition coefficient (Wildman–Crippen LogP) is -0.240. The van der Waals surface area contributed by atoms with Gasteiger partial charge in [-0.05, 0) is 20.3 Å². The Morgan fingerprint density at radius 1 is 1.50 bits per heavy atom. The molecule has 1 rings (SSSR count). The van der Waals surface area contributed by atoms with Gasteiger partial charge in [0.15, 0.2) is 5.82 Å². The second-order valence-electron chi connectivity index (χ2n) is 4.75. The monoisotopic (exact) mass is 303 g/mol. The number of hydrogen-bond donors (Lipinski definition) is 2. The molecular weight excluding hydrogens is 282 g/mol. The van der Waals surface area contributed by atoms with Crippen LogP contribution in [0.15, 0.2) is 11.1 Å². The van der Waals surface area contributed by atoms with Gasteiger partial charge in [-0.15, -0.1) is 0 Å². The molecule has 0 aliphatic rings. The molecule has 0 aromatic carbocycles. The van der Waals surface area contributed by atoms with Crippen molar-refractivity contribution in [3.63, 3.8) is 0 Å². The van der Waals surface area contributed by atoms with Gasteiger partial charge in [0.1, 0.15) is 4.90 Å². The van der Waals surface area contributed by atoms with E-state index in [-0.39, 0.29) is 10.7 Å². The number of rotatable bonds is 7. The highest BCUT2D eigenvalue weighted by Crippen LogP contribution is 2.22. The largest absolute Gasteiger partial charge is 0.381 e. The Morgan fingerprint density at radius 3 is 2.55 bits per heavy atom. The van der Waals surface area contributed by atoms with Crippen LogP contribution in [0.4, 0.5) is 5.82 Å². The molecule has 1 aromatic heterocycles. The smallest absolute Gasteiger partial charge is 0.249 e. The Labute approximate surface area is 118 Å². The zero-order chi connectivity index (χ0) is 15.5. The summed E-state index contributed by atoms with van der Waals surface area (Å²) in [5.74, 6) is -0.796. The fraction of sp³-hybridized carbons (Fsp3) is 0.636. The summed E-state index contributed by atoms with van der Waals surface area (Å²) in [6.45, 7) is 5.44. The van der Waals surface area contributed by atoms with E-state index in [0.717, 1.165) is 10.7 Å². The fourth-order valence-electron chi connectivity index (χ4n) is 1.79. The highest BCUT2D eigenvalue weighted by molar-refractivity contribution is 7.89. The third-order valence-corrected chi connectivity index (χ3v) is 4.72. The van der Waals surface area contributed by atoms with Gasteiger partial charge in [0.2, 0.25) is 15.9 Å². The van der Waals surface area contributed by atoms with Crippen LogP contribution < -0.4 is 11.5 Å². The van der Waals surface area contributed by atoms with Gasteiger partial charge in [0.05, 0.1) is 6.54 Å². The number of sulfonamides is 1. The molecule has 0 bridgehead atoms. The second-order valence-corrected chi connectivity index (χ2v) is 6.61. The molecule has 0 radical (unpaired) electrons. The molecule has 0 fully saturated rings. The number of primary amides is 1. The lowest BCUT2D eigenvalue weighted by molar-refractivity contribution is -0.118. The molecule has 0 saturated carbocycles. The zero-order valence-electron chi connectivity index (χ0n) is 11.9. The van der Waals surface area contributed by atoms with Crippen molar-refractivity contribution in [3.05, 3.63) is 6.20 Å². The van der Waals surface area contributed by atoms with Crippen LogP contribution in [-0.4, -0.2) is 41.0 Å². The molecule has 0 saturated heterocycles. The van der Waals surface area contributed by atoms with Crippen LogP contribution in [0.3, 0.4) is 0 Å². The molecule has 4 N–H and O–H groups in total. The highest BCUT2D eigenvalue weighted by atomic mass is 32.2. The molecule has 1 aromatic rings. The van der Waals surface area contributed by atoms with E-state index in [0.29, 0.717) is 6.54 Å². The summed E-state index contributed by atoms with van der Waals surface area (Å²) in [4.78, 5) is 11.0. The first-order valence-corrected chi connectivity index (χ1v) is 7.77. The first-order valence-electron chi connectivity index (χ1n) is 6.33. The number of carbonyl (C=O) groups excluding carboxylic acids is 1. The Bertz CT molecular complexity index is 579. The van der Waals surface area contributed by atoms with Crippen molar-refractivity contribution in [2.24, 2.45) is 5.73 Å². The van der Waals surface area contributed by atoms with E-state index in [1.165, 1.54) is 10.9 Å². The summed E-state index contributed by atoms with van der Waals surface area (Å²) in [5, 5.41) is 3.96. The molecule has 0 spiro atoms. The van der Waals surface area contributed by atoms with Crippen LogP contribution in [0.25, 0.3) is 0 Å². The number of hydrogen-bond acceptors (Lipinski definition) is 5. The van der Waals surface area contributed by atoms with Crippen molar-refractivity contribution in [1.29, 1.82) is 0 Å². The van der Waals surface area contributed by atoms with Gasteiger partial charge >= 0.3 is 0 Å². The molecule has 0 atom stereocenters. The molecular formula is C11H21N5O3S. The van der Waals surface area contributed by atoms with Crippen molar-refractivity contribution >= 4 is 21.7 Å². The third-order valence-electron chi connectivity index (χ3n) is 2.68. The molecule has 0 unspecified atom stereocenters. The Morgan fingerprint density at radius 2 is 2.10 bits per heavy atom. The standard InChI is InChI=1S/C11H21N5O3S/c1-4-5-15-6-9(11(13)14-15)20(18,19)16(8(2)3)7-10(12)17/h6,8H,4-5,7H2,1-3H3,(H2,12,17)(H2,13,14). The topological polar surface area (TPSA) is 124 Å². The van der Waals surface area contributed by atoms with E-state index in [9.17, 15) is 13.2 Å². The molecule has 0 aliphatic heterocycles. The van der Waals surface area contributed by atoms with E-state index in [4.69, 9.17) is 11.5 Å². The van der Waals surface area contributed by atoms with Gasteiger partial charge in [0, 0.05) is 18.8 Å². The van der Waals surface area contributed by atoms with Gasteiger partial charge in [-0.25, -0.2) is 8.42 Å². The number of anilines is 1. The number of carbonyl (C=O) groups is 1. The van der Waals surface area contributed by atoms with Crippen LogP contribution in [0.1, 0.15) is 27.2 Å².